The van der Waals surface area contributed by atoms with Crippen LogP contribution in [0.2, 0.25) is 0 Å². The fourth-order valence-electron chi connectivity index (χ4n) is 3.30. The van der Waals surface area contributed by atoms with E-state index in [2.05, 4.69) is 38.0 Å². The summed E-state index contributed by atoms with van der Waals surface area (Å²) in [5.74, 6) is 0. The lowest BCUT2D eigenvalue weighted by atomic mass is 9.99. The van der Waals surface area contributed by atoms with Gasteiger partial charge < -0.3 is 0 Å². The Bertz CT molecular complexity index is 1280. The Morgan fingerprint density at radius 2 is 1.34 bits per heavy atom. The van der Waals surface area contributed by atoms with Gasteiger partial charge >= 0.3 is 0 Å². The molecule has 3 aromatic heterocycles. The summed E-state index contributed by atoms with van der Waals surface area (Å²) < 4.78 is 9.21. The minimum absolute atomic E-state index is 0.829. The van der Waals surface area contributed by atoms with E-state index < -0.39 is 0 Å². The Hall–Kier alpha value is -3.70. The molecular formula is C24H16N4S. The molecule has 5 heteroatoms. The molecule has 5 rings (SSSR count). The first-order chi connectivity index (χ1) is 14.4. The van der Waals surface area contributed by atoms with E-state index in [4.69, 9.17) is 4.98 Å². The van der Waals surface area contributed by atoms with E-state index in [1.807, 2.05) is 66.7 Å². The number of hydrogen-bond donors (Lipinski definition) is 0. The van der Waals surface area contributed by atoms with Gasteiger partial charge in [0.05, 0.1) is 28.8 Å². The molecule has 0 atom stereocenters. The molecular weight excluding hydrogens is 376 g/mol. The Kier molecular flexibility index (Phi) is 4.64. The van der Waals surface area contributed by atoms with Crippen molar-refractivity contribution in [2.45, 2.75) is 0 Å². The molecule has 0 aliphatic heterocycles. The summed E-state index contributed by atoms with van der Waals surface area (Å²) in [6.07, 6.45) is 5.78. The second-order valence-corrected chi connectivity index (χ2v) is 7.03. The van der Waals surface area contributed by atoms with Crippen molar-refractivity contribution in [1.82, 2.24) is 18.7 Å². The fourth-order valence-corrected chi connectivity index (χ4v) is 3.86. The van der Waals surface area contributed by atoms with Crippen LogP contribution in [0.3, 0.4) is 0 Å². The van der Waals surface area contributed by atoms with Gasteiger partial charge in [-0.3, -0.25) is 4.98 Å². The number of rotatable bonds is 4. The van der Waals surface area contributed by atoms with Crippen molar-refractivity contribution in [2.24, 2.45) is 0 Å². The molecule has 0 spiro atoms. The maximum Gasteiger partial charge on any atom is 0.131 e. The van der Waals surface area contributed by atoms with Crippen LogP contribution in [0.5, 0.6) is 0 Å². The minimum atomic E-state index is 0.829. The average Bonchev–Trinajstić information content (AvgIpc) is 3.28. The van der Waals surface area contributed by atoms with Crippen molar-refractivity contribution in [3.63, 3.8) is 0 Å². The van der Waals surface area contributed by atoms with Crippen LogP contribution < -0.4 is 0 Å². The van der Waals surface area contributed by atoms with E-state index in [0.717, 1.165) is 44.8 Å². The Morgan fingerprint density at radius 1 is 0.655 bits per heavy atom. The molecule has 4 nitrogen and oxygen atoms in total. The van der Waals surface area contributed by atoms with E-state index in [1.165, 1.54) is 11.7 Å². The third-order valence-corrected chi connectivity index (χ3v) is 5.18. The summed E-state index contributed by atoms with van der Waals surface area (Å²) in [4.78, 5) is 9.41. The summed E-state index contributed by atoms with van der Waals surface area (Å²) in [6, 6.07) is 26.2. The molecule has 0 unspecified atom stereocenters. The van der Waals surface area contributed by atoms with Crippen LogP contribution >= 0.6 is 11.7 Å². The molecule has 0 radical (unpaired) electrons. The molecule has 0 saturated carbocycles. The molecule has 0 saturated heterocycles. The summed E-state index contributed by atoms with van der Waals surface area (Å²) in [5.41, 5.74) is 7.35. The molecule has 0 N–H and O–H groups in total. The van der Waals surface area contributed by atoms with Crippen molar-refractivity contribution in [3.8, 4) is 22.4 Å². The van der Waals surface area contributed by atoms with E-state index in [9.17, 15) is 0 Å². The van der Waals surface area contributed by atoms with Crippen LogP contribution in [0.1, 0.15) is 11.4 Å². The number of hydrogen-bond acceptors (Lipinski definition) is 5. The zero-order valence-electron chi connectivity index (χ0n) is 15.4. The van der Waals surface area contributed by atoms with Gasteiger partial charge in [-0.05, 0) is 29.8 Å². The smallest absolute Gasteiger partial charge is 0.131 e. The largest absolute Gasteiger partial charge is 0.257 e. The molecule has 2 aromatic carbocycles. The van der Waals surface area contributed by atoms with Gasteiger partial charge in [-0.15, -0.1) is 0 Å². The Labute approximate surface area is 172 Å². The standard InChI is InChI=1S/C24H16N4S/c1-3-9-17(10-4-1)21-20(15-14-19-13-7-8-16-25-19)26-22(18-11-5-2-6-12-18)24-23(21)27-29-28-24/h1-16H. The highest BCUT2D eigenvalue weighted by Gasteiger charge is 2.18. The van der Waals surface area contributed by atoms with Gasteiger partial charge in [0, 0.05) is 17.3 Å². The summed E-state index contributed by atoms with van der Waals surface area (Å²) in [7, 11) is 0. The van der Waals surface area contributed by atoms with Gasteiger partial charge in [0.1, 0.15) is 11.0 Å². The number of pyridine rings is 2. The SMILES string of the molecule is C(=Cc1nc(-c2ccccc2)c2nsnc2c1-c1ccccc1)c1ccccn1. The monoisotopic (exact) mass is 392 g/mol. The van der Waals surface area contributed by atoms with E-state index >= 15 is 0 Å². The van der Waals surface area contributed by atoms with Gasteiger partial charge in [0.15, 0.2) is 0 Å². The van der Waals surface area contributed by atoms with Crippen molar-refractivity contribution < 1.29 is 0 Å². The van der Waals surface area contributed by atoms with E-state index in [0.29, 0.717) is 0 Å². The fraction of sp³-hybridized carbons (Fsp3) is 0. The Morgan fingerprint density at radius 3 is 2.07 bits per heavy atom. The second kappa shape index (κ2) is 7.73. The van der Waals surface area contributed by atoms with Gasteiger partial charge in [-0.25, -0.2) is 4.98 Å². The predicted octanol–water partition coefficient (Wildman–Crippen LogP) is 5.99. The van der Waals surface area contributed by atoms with Crippen molar-refractivity contribution in [2.75, 3.05) is 0 Å². The zero-order valence-corrected chi connectivity index (χ0v) is 16.3. The topological polar surface area (TPSA) is 51.6 Å². The van der Waals surface area contributed by atoms with Crippen LogP contribution in [0, 0.1) is 0 Å². The van der Waals surface area contributed by atoms with Crippen LogP contribution in [0.4, 0.5) is 0 Å². The second-order valence-electron chi connectivity index (χ2n) is 6.50. The quantitative estimate of drug-likeness (QED) is 0.377. The maximum atomic E-state index is 5.02. The number of fused-ring (bicyclic) bond motifs is 1. The van der Waals surface area contributed by atoms with Crippen LogP contribution in [0.15, 0.2) is 85.1 Å². The van der Waals surface area contributed by atoms with Crippen molar-refractivity contribution in [1.29, 1.82) is 0 Å². The van der Waals surface area contributed by atoms with Gasteiger partial charge in [0.25, 0.3) is 0 Å². The minimum Gasteiger partial charge on any atom is -0.257 e. The van der Waals surface area contributed by atoms with Crippen LogP contribution in [-0.2, 0) is 0 Å². The highest BCUT2D eigenvalue weighted by atomic mass is 32.1. The summed E-state index contributed by atoms with van der Waals surface area (Å²) in [6.45, 7) is 0. The molecule has 138 valence electrons. The van der Waals surface area contributed by atoms with Crippen LogP contribution in [0.25, 0.3) is 45.6 Å². The molecule has 5 aromatic rings. The highest BCUT2D eigenvalue weighted by molar-refractivity contribution is 7.00. The number of aromatic nitrogens is 4. The predicted molar refractivity (Wildman–Crippen MR) is 119 cm³/mol. The molecule has 0 fully saturated rings. The average molecular weight is 392 g/mol. The normalized spacial score (nSPS) is 11.3. The first-order valence-electron chi connectivity index (χ1n) is 9.26. The first-order valence-corrected chi connectivity index (χ1v) is 9.99. The zero-order chi connectivity index (χ0) is 19.5. The number of nitrogens with zero attached hydrogens (tertiary/aromatic N) is 4. The number of benzene rings is 2. The van der Waals surface area contributed by atoms with Crippen molar-refractivity contribution in [3.05, 3.63) is 96.4 Å². The third-order valence-electron chi connectivity index (χ3n) is 4.65. The van der Waals surface area contributed by atoms with Gasteiger partial charge in [0.2, 0.25) is 0 Å². The van der Waals surface area contributed by atoms with Gasteiger partial charge in [-0.1, -0.05) is 66.7 Å². The lowest BCUT2D eigenvalue weighted by molar-refractivity contribution is 1.29. The van der Waals surface area contributed by atoms with Gasteiger partial charge in [-0.2, -0.15) is 8.75 Å². The first kappa shape index (κ1) is 17.4. The molecule has 29 heavy (non-hydrogen) atoms. The lowest BCUT2D eigenvalue weighted by Crippen LogP contribution is -1.95. The molecule has 0 aliphatic rings. The Balaban J connectivity index is 1.78. The summed E-state index contributed by atoms with van der Waals surface area (Å²) in [5, 5.41) is 0. The highest BCUT2D eigenvalue weighted by Crippen LogP contribution is 2.36. The molecule has 0 amide bonds. The lowest BCUT2D eigenvalue weighted by Gasteiger charge is -2.10. The molecule has 3 heterocycles. The van der Waals surface area contributed by atoms with Crippen LogP contribution in [-0.4, -0.2) is 18.7 Å². The molecule has 0 bridgehead atoms. The van der Waals surface area contributed by atoms with E-state index in [-0.39, 0.29) is 0 Å². The van der Waals surface area contributed by atoms with Crippen molar-refractivity contribution >= 4 is 34.9 Å². The third kappa shape index (κ3) is 3.44. The maximum absolute atomic E-state index is 5.02. The summed E-state index contributed by atoms with van der Waals surface area (Å²) >= 11 is 1.22. The van der Waals surface area contributed by atoms with E-state index in [1.54, 1.807) is 6.20 Å². The molecule has 0 aliphatic carbocycles.